The van der Waals surface area contributed by atoms with Crippen molar-refractivity contribution in [3.63, 3.8) is 0 Å². The maximum Gasteiger partial charge on any atom is 0.433 e. The first-order chi connectivity index (χ1) is 8.86. The third-order valence-electron chi connectivity index (χ3n) is 3.73. The van der Waals surface area contributed by atoms with Gasteiger partial charge in [-0.1, -0.05) is 13.8 Å². The van der Waals surface area contributed by atoms with E-state index in [2.05, 4.69) is 18.8 Å². The fourth-order valence-electron chi connectivity index (χ4n) is 2.32. The zero-order valence-electron chi connectivity index (χ0n) is 11.1. The molecule has 0 radical (unpaired) electrons. The minimum absolute atomic E-state index is 0.404. The molecule has 0 N–H and O–H groups in total. The first-order valence-electron chi connectivity index (χ1n) is 6.52. The van der Waals surface area contributed by atoms with E-state index in [-0.39, 0.29) is 0 Å². The summed E-state index contributed by atoms with van der Waals surface area (Å²) in [7, 11) is 0. The second-order valence-corrected chi connectivity index (χ2v) is 5.53. The average molecular weight is 273 g/mol. The van der Waals surface area contributed by atoms with E-state index >= 15 is 0 Å². The van der Waals surface area contributed by atoms with Gasteiger partial charge >= 0.3 is 6.18 Å². The van der Waals surface area contributed by atoms with E-state index in [0.29, 0.717) is 24.2 Å². The van der Waals surface area contributed by atoms with Crippen molar-refractivity contribution in [3.05, 3.63) is 24.0 Å². The molecule has 0 atom stereocenters. The Morgan fingerprint density at radius 1 is 1.32 bits per heavy atom. The molecule has 0 spiro atoms. The van der Waals surface area contributed by atoms with E-state index in [9.17, 15) is 13.2 Å². The number of nitrogens with zero attached hydrogens (tertiary/aromatic N) is 1. The molecule has 1 aromatic rings. The van der Waals surface area contributed by atoms with Crippen LogP contribution >= 0.6 is 0 Å². The molecule has 1 aliphatic carbocycles. The van der Waals surface area contributed by atoms with Crippen LogP contribution in [0.2, 0.25) is 0 Å². The Hall–Kier alpha value is -1.26. The Labute approximate surface area is 111 Å². The Morgan fingerprint density at radius 2 is 2.00 bits per heavy atom. The summed E-state index contributed by atoms with van der Waals surface area (Å²) in [6.07, 6.45) is -0.962. The Kier molecular flexibility index (Phi) is 4.02. The molecular formula is C14H18F3NO. The largest absolute Gasteiger partial charge is 0.492 e. The van der Waals surface area contributed by atoms with Crippen LogP contribution in [-0.2, 0) is 6.18 Å². The van der Waals surface area contributed by atoms with Crippen LogP contribution in [-0.4, -0.2) is 11.6 Å². The number of hydrogen-bond acceptors (Lipinski definition) is 2. The molecule has 2 rings (SSSR count). The number of aromatic nitrogens is 1. The lowest BCUT2D eigenvalue weighted by molar-refractivity contribution is -0.141. The first-order valence-corrected chi connectivity index (χ1v) is 6.52. The third kappa shape index (κ3) is 3.61. The summed E-state index contributed by atoms with van der Waals surface area (Å²) >= 11 is 0. The van der Waals surface area contributed by atoms with Crippen LogP contribution in [0.5, 0.6) is 5.75 Å². The van der Waals surface area contributed by atoms with Crippen molar-refractivity contribution in [1.82, 2.24) is 4.98 Å². The molecular weight excluding hydrogens is 255 g/mol. The van der Waals surface area contributed by atoms with Crippen LogP contribution in [0.4, 0.5) is 13.2 Å². The first kappa shape index (κ1) is 14.2. The highest BCUT2D eigenvalue weighted by Gasteiger charge is 2.33. The van der Waals surface area contributed by atoms with Gasteiger partial charge in [0.15, 0.2) is 0 Å². The Bertz CT molecular complexity index is 408. The quantitative estimate of drug-likeness (QED) is 0.821. The topological polar surface area (TPSA) is 22.1 Å². The fraction of sp³-hybridized carbons (Fsp3) is 0.643. The van der Waals surface area contributed by atoms with E-state index in [4.69, 9.17) is 4.74 Å². The van der Waals surface area contributed by atoms with E-state index in [0.717, 1.165) is 31.0 Å². The van der Waals surface area contributed by atoms with Gasteiger partial charge in [0.2, 0.25) is 0 Å². The molecule has 1 saturated carbocycles. The average Bonchev–Trinajstić information content (AvgIpc) is 2.25. The molecule has 1 aliphatic rings. The normalized spacial score (nSPS) is 23.3. The molecule has 1 fully saturated rings. The van der Waals surface area contributed by atoms with E-state index in [1.54, 1.807) is 0 Å². The van der Waals surface area contributed by atoms with Gasteiger partial charge in [-0.15, -0.1) is 0 Å². The smallest absolute Gasteiger partial charge is 0.433 e. The zero-order chi connectivity index (χ0) is 14.0. The lowest BCUT2D eigenvalue weighted by Gasteiger charge is -2.37. The fourth-order valence-corrected chi connectivity index (χ4v) is 2.32. The highest BCUT2D eigenvalue weighted by Crippen LogP contribution is 2.38. The molecule has 0 aliphatic heterocycles. The van der Waals surface area contributed by atoms with Gasteiger partial charge < -0.3 is 4.74 Å². The second-order valence-electron chi connectivity index (χ2n) is 5.53. The van der Waals surface area contributed by atoms with Crippen LogP contribution in [0.3, 0.4) is 0 Å². The predicted molar refractivity (Wildman–Crippen MR) is 65.8 cm³/mol. The molecule has 0 aromatic carbocycles. The second kappa shape index (κ2) is 5.39. The molecule has 1 aromatic heterocycles. The Balaban J connectivity index is 1.79. The van der Waals surface area contributed by atoms with Gasteiger partial charge in [-0.3, -0.25) is 0 Å². The summed E-state index contributed by atoms with van der Waals surface area (Å²) < 4.78 is 42.4. The molecule has 19 heavy (non-hydrogen) atoms. The molecule has 1 heterocycles. The molecule has 2 nitrogen and oxygen atoms in total. The summed E-state index contributed by atoms with van der Waals surface area (Å²) in [6, 6.07) is 2.28. The van der Waals surface area contributed by atoms with Crippen molar-refractivity contribution in [3.8, 4) is 5.75 Å². The summed E-state index contributed by atoms with van der Waals surface area (Å²) in [5, 5.41) is 0. The summed E-state index contributed by atoms with van der Waals surface area (Å²) in [6.45, 7) is 4.99. The molecule has 0 bridgehead atoms. The van der Waals surface area contributed by atoms with Crippen LogP contribution in [0, 0.1) is 17.8 Å². The summed E-state index contributed by atoms with van der Waals surface area (Å²) in [5.74, 6) is 2.39. The third-order valence-corrected chi connectivity index (χ3v) is 3.73. The molecule has 106 valence electrons. The number of ether oxygens (including phenoxy) is 1. The van der Waals surface area contributed by atoms with Crippen LogP contribution in [0.25, 0.3) is 0 Å². The van der Waals surface area contributed by atoms with Gasteiger partial charge in [-0.2, -0.15) is 13.2 Å². The number of hydrogen-bond donors (Lipinski definition) is 0. The van der Waals surface area contributed by atoms with E-state index < -0.39 is 11.9 Å². The van der Waals surface area contributed by atoms with Crippen molar-refractivity contribution in [1.29, 1.82) is 0 Å². The highest BCUT2D eigenvalue weighted by molar-refractivity contribution is 5.21. The van der Waals surface area contributed by atoms with Gasteiger partial charge in [0, 0.05) is 0 Å². The summed E-state index contributed by atoms with van der Waals surface area (Å²) in [4.78, 5) is 3.36. The molecule has 5 heteroatoms. The number of rotatable bonds is 4. The SMILES string of the molecule is CC(C)[C@H]1C[C@@H](COc2ccc(C(F)(F)F)nc2)C1. The van der Waals surface area contributed by atoms with Crippen LogP contribution in [0.1, 0.15) is 32.4 Å². The summed E-state index contributed by atoms with van der Waals surface area (Å²) in [5.41, 5.74) is -0.886. The van der Waals surface area contributed by atoms with Gasteiger partial charge in [0.25, 0.3) is 0 Å². The van der Waals surface area contributed by atoms with E-state index in [1.807, 2.05) is 0 Å². The van der Waals surface area contributed by atoms with Crippen LogP contribution in [0.15, 0.2) is 18.3 Å². The predicted octanol–water partition coefficient (Wildman–Crippen LogP) is 4.16. The molecule has 0 saturated heterocycles. The number of alkyl halides is 3. The van der Waals surface area contributed by atoms with Crippen molar-refractivity contribution in [2.24, 2.45) is 17.8 Å². The minimum Gasteiger partial charge on any atom is -0.492 e. The number of pyridine rings is 1. The zero-order valence-corrected chi connectivity index (χ0v) is 11.1. The Morgan fingerprint density at radius 3 is 2.47 bits per heavy atom. The highest BCUT2D eigenvalue weighted by atomic mass is 19.4. The lowest BCUT2D eigenvalue weighted by Crippen LogP contribution is -2.31. The molecule has 0 unspecified atom stereocenters. The minimum atomic E-state index is -4.39. The lowest BCUT2D eigenvalue weighted by atomic mass is 9.70. The van der Waals surface area contributed by atoms with Crippen LogP contribution < -0.4 is 4.74 Å². The van der Waals surface area contributed by atoms with Crippen molar-refractivity contribution < 1.29 is 17.9 Å². The van der Waals surface area contributed by atoms with Gasteiger partial charge in [-0.25, -0.2) is 4.98 Å². The van der Waals surface area contributed by atoms with Gasteiger partial charge in [-0.05, 0) is 42.7 Å². The van der Waals surface area contributed by atoms with E-state index in [1.165, 1.54) is 6.07 Å². The van der Waals surface area contributed by atoms with Crippen molar-refractivity contribution >= 4 is 0 Å². The number of halogens is 3. The van der Waals surface area contributed by atoms with Crippen molar-refractivity contribution in [2.75, 3.05) is 6.61 Å². The van der Waals surface area contributed by atoms with Gasteiger partial charge in [0.05, 0.1) is 12.8 Å². The standard InChI is InChI=1S/C14H18F3NO/c1-9(2)11-5-10(6-11)8-19-12-3-4-13(18-7-12)14(15,16)17/h3-4,7,9-11H,5-6,8H2,1-2H3/t10-,11+. The maximum absolute atomic E-state index is 12.3. The maximum atomic E-state index is 12.3. The van der Waals surface area contributed by atoms with Crippen molar-refractivity contribution in [2.45, 2.75) is 32.9 Å². The van der Waals surface area contributed by atoms with Gasteiger partial charge in [0.1, 0.15) is 11.4 Å². The molecule has 0 amide bonds. The monoisotopic (exact) mass is 273 g/mol.